The molecule has 4 rings (SSSR count). The molecule has 0 saturated heterocycles. The first-order valence-corrected chi connectivity index (χ1v) is 7.12. The van der Waals surface area contributed by atoms with Gasteiger partial charge in [-0.05, 0) is 29.3 Å². The fraction of sp³-hybridized carbons (Fsp3) is 0.235. The molecule has 1 N–H and O–H groups in total. The molecule has 2 aromatic carbocycles. The van der Waals surface area contributed by atoms with Gasteiger partial charge in [0.05, 0.1) is 7.11 Å². The van der Waals surface area contributed by atoms with E-state index in [1.54, 1.807) is 7.11 Å². The zero-order valence-electron chi connectivity index (χ0n) is 12.1. The molecule has 0 unspecified atom stereocenters. The van der Waals surface area contributed by atoms with Crippen LogP contribution in [0.5, 0.6) is 17.2 Å². The topological polar surface area (TPSA) is 56.8 Å². The maximum Gasteiger partial charge on any atom is 0.231 e. The smallest absolute Gasteiger partial charge is 0.231 e. The number of benzene rings is 2. The molecule has 5 nitrogen and oxygen atoms in total. The zero-order valence-corrected chi connectivity index (χ0v) is 12.1. The average Bonchev–Trinajstić information content (AvgIpc) is 2.99. The van der Waals surface area contributed by atoms with Crippen molar-refractivity contribution in [3.8, 4) is 17.2 Å². The highest BCUT2D eigenvalue weighted by Crippen LogP contribution is 2.44. The van der Waals surface area contributed by atoms with Crippen molar-refractivity contribution in [1.82, 2.24) is 0 Å². The Hall–Kier alpha value is -2.69. The summed E-state index contributed by atoms with van der Waals surface area (Å²) in [5.74, 6) is 2.22. The molecule has 2 heterocycles. The van der Waals surface area contributed by atoms with Crippen LogP contribution in [-0.2, 0) is 4.79 Å². The summed E-state index contributed by atoms with van der Waals surface area (Å²) in [5.41, 5.74) is 2.92. The molecule has 1 atom stereocenters. The molecule has 5 heteroatoms. The lowest BCUT2D eigenvalue weighted by Crippen LogP contribution is -2.23. The fourth-order valence-corrected chi connectivity index (χ4v) is 2.98. The summed E-state index contributed by atoms with van der Waals surface area (Å²) >= 11 is 0. The first-order valence-electron chi connectivity index (χ1n) is 7.12. The van der Waals surface area contributed by atoms with Crippen LogP contribution in [0.3, 0.4) is 0 Å². The number of methoxy groups -OCH3 is 1. The normalized spacial score (nSPS) is 18.6. The highest BCUT2D eigenvalue weighted by molar-refractivity contribution is 5.96. The lowest BCUT2D eigenvalue weighted by atomic mass is 9.84. The molecule has 22 heavy (non-hydrogen) atoms. The minimum atomic E-state index is 0.00385. The van der Waals surface area contributed by atoms with E-state index in [0.29, 0.717) is 12.2 Å². The van der Waals surface area contributed by atoms with Gasteiger partial charge in [-0.15, -0.1) is 0 Å². The quantitative estimate of drug-likeness (QED) is 0.926. The van der Waals surface area contributed by atoms with Gasteiger partial charge in [-0.2, -0.15) is 0 Å². The Morgan fingerprint density at radius 3 is 2.59 bits per heavy atom. The zero-order chi connectivity index (χ0) is 15.1. The summed E-state index contributed by atoms with van der Waals surface area (Å²) in [5, 5.41) is 2.91. The van der Waals surface area contributed by atoms with E-state index >= 15 is 0 Å². The molecule has 112 valence electrons. The molecule has 0 aromatic heterocycles. The van der Waals surface area contributed by atoms with Crippen molar-refractivity contribution in [2.24, 2.45) is 0 Å². The third-order valence-corrected chi connectivity index (χ3v) is 4.10. The summed E-state index contributed by atoms with van der Waals surface area (Å²) in [6.45, 7) is 0.222. The molecule has 0 bridgehead atoms. The van der Waals surface area contributed by atoms with E-state index in [0.717, 1.165) is 28.3 Å². The molecule has 2 aliphatic heterocycles. The minimum Gasteiger partial charge on any atom is -0.497 e. The van der Waals surface area contributed by atoms with Crippen molar-refractivity contribution in [3.63, 3.8) is 0 Å². The third-order valence-electron chi connectivity index (χ3n) is 4.10. The Morgan fingerprint density at radius 1 is 1.14 bits per heavy atom. The maximum absolute atomic E-state index is 12.0. The second-order valence-corrected chi connectivity index (χ2v) is 5.37. The van der Waals surface area contributed by atoms with E-state index < -0.39 is 0 Å². The summed E-state index contributed by atoms with van der Waals surface area (Å²) in [4.78, 5) is 12.0. The Morgan fingerprint density at radius 2 is 1.86 bits per heavy atom. The number of carbonyl (C=O) groups is 1. The number of fused-ring (bicyclic) bond motifs is 2. The summed E-state index contributed by atoms with van der Waals surface area (Å²) in [6.07, 6.45) is 0.416. The number of rotatable bonds is 2. The molecule has 2 aliphatic rings. The van der Waals surface area contributed by atoms with E-state index in [1.807, 2.05) is 36.4 Å². The number of nitrogens with one attached hydrogen (secondary N) is 1. The predicted octanol–water partition coefficient (Wildman–Crippen LogP) is 2.90. The van der Waals surface area contributed by atoms with Crippen LogP contribution in [0, 0.1) is 0 Å². The lowest BCUT2D eigenvalue weighted by Gasteiger charge is -2.26. The van der Waals surface area contributed by atoms with Gasteiger partial charge < -0.3 is 19.5 Å². The van der Waals surface area contributed by atoms with E-state index in [9.17, 15) is 4.79 Å². The van der Waals surface area contributed by atoms with Gasteiger partial charge in [0.1, 0.15) is 5.75 Å². The predicted molar refractivity (Wildman–Crippen MR) is 80.6 cm³/mol. The first-order chi connectivity index (χ1) is 10.7. The van der Waals surface area contributed by atoms with Crippen molar-refractivity contribution < 1.29 is 19.0 Å². The highest BCUT2D eigenvalue weighted by atomic mass is 16.7. The van der Waals surface area contributed by atoms with Gasteiger partial charge in [0, 0.05) is 24.1 Å². The van der Waals surface area contributed by atoms with Crippen LogP contribution in [0.2, 0.25) is 0 Å². The van der Waals surface area contributed by atoms with Gasteiger partial charge in [0.15, 0.2) is 11.5 Å². The van der Waals surface area contributed by atoms with Crippen LogP contribution in [0.1, 0.15) is 23.5 Å². The van der Waals surface area contributed by atoms with Crippen molar-refractivity contribution in [3.05, 3.63) is 47.5 Å². The van der Waals surface area contributed by atoms with Crippen LogP contribution >= 0.6 is 0 Å². The maximum atomic E-state index is 12.0. The Labute approximate surface area is 127 Å². The largest absolute Gasteiger partial charge is 0.497 e. The second-order valence-electron chi connectivity index (χ2n) is 5.37. The molecular formula is C17H15NO4. The number of carbonyl (C=O) groups excluding carboxylic acids is 1. The van der Waals surface area contributed by atoms with Crippen LogP contribution in [0.4, 0.5) is 5.69 Å². The van der Waals surface area contributed by atoms with Crippen molar-refractivity contribution >= 4 is 11.6 Å². The molecule has 0 aliphatic carbocycles. The molecule has 1 amide bonds. The SMILES string of the molecule is COc1ccc([C@@H]2CC(=O)Nc3cc4c(cc32)OCO4)cc1. The van der Waals surface area contributed by atoms with E-state index in [-0.39, 0.29) is 18.6 Å². The summed E-state index contributed by atoms with van der Waals surface area (Å²) in [7, 11) is 1.64. The van der Waals surface area contributed by atoms with Crippen LogP contribution in [0.15, 0.2) is 36.4 Å². The Bertz CT molecular complexity index is 739. The monoisotopic (exact) mass is 297 g/mol. The number of ether oxygens (including phenoxy) is 3. The number of hydrogen-bond acceptors (Lipinski definition) is 4. The standard InChI is InChI=1S/C17H15NO4/c1-20-11-4-2-10(3-5-11)12-7-17(19)18-14-8-16-15(6-13(12)14)21-9-22-16/h2-6,8,12H,7,9H2,1H3,(H,18,19)/t12-/m0/s1. The van der Waals surface area contributed by atoms with Gasteiger partial charge in [-0.25, -0.2) is 0 Å². The summed E-state index contributed by atoms with van der Waals surface area (Å²) < 4.78 is 16.0. The van der Waals surface area contributed by atoms with Crippen molar-refractivity contribution in [2.75, 3.05) is 19.2 Å². The first kappa shape index (κ1) is 13.0. The second kappa shape index (κ2) is 4.94. The van der Waals surface area contributed by atoms with Gasteiger partial charge in [0.2, 0.25) is 12.7 Å². The van der Waals surface area contributed by atoms with Gasteiger partial charge >= 0.3 is 0 Å². The molecular weight excluding hydrogens is 282 g/mol. The number of anilines is 1. The fourth-order valence-electron chi connectivity index (χ4n) is 2.98. The van der Waals surface area contributed by atoms with E-state index in [2.05, 4.69) is 5.32 Å². The van der Waals surface area contributed by atoms with Crippen LogP contribution < -0.4 is 19.5 Å². The van der Waals surface area contributed by atoms with E-state index in [4.69, 9.17) is 14.2 Å². The molecule has 0 fully saturated rings. The molecule has 0 radical (unpaired) electrons. The number of hydrogen-bond donors (Lipinski definition) is 1. The average molecular weight is 297 g/mol. The van der Waals surface area contributed by atoms with Gasteiger partial charge in [0.25, 0.3) is 0 Å². The van der Waals surface area contributed by atoms with Crippen LogP contribution in [0.25, 0.3) is 0 Å². The Kier molecular flexibility index (Phi) is 2.92. The van der Waals surface area contributed by atoms with Crippen LogP contribution in [-0.4, -0.2) is 19.8 Å². The molecule has 0 saturated carbocycles. The molecule has 0 spiro atoms. The third kappa shape index (κ3) is 2.06. The number of amides is 1. The van der Waals surface area contributed by atoms with Crippen molar-refractivity contribution in [2.45, 2.75) is 12.3 Å². The minimum absolute atomic E-state index is 0.00385. The lowest BCUT2D eigenvalue weighted by molar-refractivity contribution is -0.116. The van der Waals surface area contributed by atoms with E-state index in [1.165, 1.54) is 0 Å². The van der Waals surface area contributed by atoms with Gasteiger partial charge in [-0.1, -0.05) is 12.1 Å². The van der Waals surface area contributed by atoms with Gasteiger partial charge in [-0.3, -0.25) is 4.79 Å². The van der Waals surface area contributed by atoms with Crippen molar-refractivity contribution in [1.29, 1.82) is 0 Å². The molecule has 2 aromatic rings. The summed E-state index contributed by atoms with van der Waals surface area (Å²) in [6, 6.07) is 11.6. The highest BCUT2D eigenvalue weighted by Gasteiger charge is 2.29. The Balaban J connectivity index is 1.79.